The zero-order valence-electron chi connectivity index (χ0n) is 17.5. The van der Waals surface area contributed by atoms with Gasteiger partial charge in [0.1, 0.15) is 23.0 Å². The number of nitrogens with zero attached hydrogens (tertiary/aromatic N) is 1. The number of anilines is 1. The minimum absolute atomic E-state index is 0.115. The highest BCUT2D eigenvalue weighted by Crippen LogP contribution is 2.46. The van der Waals surface area contributed by atoms with Crippen LogP contribution in [0.2, 0.25) is 0 Å². The van der Waals surface area contributed by atoms with Crippen LogP contribution < -0.4 is 14.4 Å². The number of phenols is 1. The summed E-state index contributed by atoms with van der Waals surface area (Å²) in [6, 6.07) is 18.7. The van der Waals surface area contributed by atoms with E-state index < -0.39 is 17.7 Å². The molecule has 0 spiro atoms. The fourth-order valence-electron chi connectivity index (χ4n) is 3.86. The number of benzene rings is 3. The summed E-state index contributed by atoms with van der Waals surface area (Å²) in [4.78, 5) is 27.5. The van der Waals surface area contributed by atoms with Crippen molar-refractivity contribution < 1.29 is 29.3 Å². The number of hydrogen-bond acceptors (Lipinski definition) is 6. The minimum Gasteiger partial charge on any atom is -0.507 e. The van der Waals surface area contributed by atoms with Crippen molar-refractivity contribution in [3.63, 3.8) is 0 Å². The number of ether oxygens (including phenoxy) is 2. The van der Waals surface area contributed by atoms with E-state index in [0.29, 0.717) is 22.6 Å². The lowest BCUT2D eigenvalue weighted by molar-refractivity contribution is -0.132. The van der Waals surface area contributed by atoms with E-state index in [1.165, 1.54) is 31.3 Å². The number of phenolic OH excluding ortho intramolecular Hbond substituents is 1. The number of carbonyl (C=O) groups excluding carboxylic acids is 2. The summed E-state index contributed by atoms with van der Waals surface area (Å²) in [5.41, 5.74) is 0.840. The lowest BCUT2D eigenvalue weighted by atomic mass is 9.94. The molecule has 0 aromatic heterocycles. The first-order valence-corrected chi connectivity index (χ1v) is 9.84. The normalized spacial score (nSPS) is 17.4. The minimum atomic E-state index is -1.02. The lowest BCUT2D eigenvalue weighted by Gasteiger charge is -2.27. The third-order valence-corrected chi connectivity index (χ3v) is 5.36. The summed E-state index contributed by atoms with van der Waals surface area (Å²) < 4.78 is 10.7. The topological polar surface area (TPSA) is 96.3 Å². The summed E-state index contributed by atoms with van der Waals surface area (Å²) in [5.74, 6) is -1.35. The molecule has 1 unspecified atom stereocenters. The third-order valence-electron chi connectivity index (χ3n) is 5.36. The number of ketones is 1. The molecule has 7 nitrogen and oxygen atoms in total. The van der Waals surface area contributed by atoms with Gasteiger partial charge in [-0.25, -0.2) is 0 Å². The molecule has 1 aliphatic heterocycles. The Hall–Kier alpha value is -4.26. The molecule has 32 heavy (non-hydrogen) atoms. The van der Waals surface area contributed by atoms with E-state index in [2.05, 4.69) is 0 Å². The van der Waals surface area contributed by atoms with Crippen LogP contribution in [-0.4, -0.2) is 36.1 Å². The number of aliphatic hydroxyl groups is 1. The molecule has 1 fully saturated rings. The monoisotopic (exact) mass is 431 g/mol. The molecule has 1 saturated heterocycles. The Morgan fingerprint density at radius 2 is 1.62 bits per heavy atom. The number of rotatable bonds is 5. The average molecular weight is 431 g/mol. The molecule has 0 bridgehead atoms. The van der Waals surface area contributed by atoms with Gasteiger partial charge in [-0.05, 0) is 30.3 Å². The van der Waals surface area contributed by atoms with Crippen molar-refractivity contribution >= 4 is 23.1 Å². The van der Waals surface area contributed by atoms with E-state index in [0.717, 1.165) is 0 Å². The number of Topliss-reactive ketones (excluding diaryl/α,β-unsaturated/α-hetero) is 1. The van der Waals surface area contributed by atoms with E-state index in [1.54, 1.807) is 60.7 Å². The molecule has 0 saturated carbocycles. The molecule has 1 heterocycles. The Morgan fingerprint density at radius 1 is 0.906 bits per heavy atom. The fourth-order valence-corrected chi connectivity index (χ4v) is 3.86. The van der Waals surface area contributed by atoms with E-state index >= 15 is 0 Å². The fraction of sp³-hybridized carbons (Fsp3) is 0.120. The highest BCUT2D eigenvalue weighted by Gasteiger charge is 2.48. The smallest absolute Gasteiger partial charge is 0.300 e. The SMILES string of the molecule is COc1cccc(/C(O)=C2\C(=O)C(=O)N(c3ccccc3O)C2c2ccccc2OC)c1. The van der Waals surface area contributed by atoms with Crippen LogP contribution in [0.4, 0.5) is 5.69 Å². The van der Waals surface area contributed by atoms with E-state index in [9.17, 15) is 19.8 Å². The first-order valence-electron chi connectivity index (χ1n) is 9.84. The maximum atomic E-state index is 13.2. The van der Waals surface area contributed by atoms with Crippen molar-refractivity contribution in [3.8, 4) is 17.2 Å². The molecule has 1 atom stereocenters. The van der Waals surface area contributed by atoms with Crippen LogP contribution in [-0.2, 0) is 9.59 Å². The summed E-state index contributed by atoms with van der Waals surface area (Å²) in [6.45, 7) is 0. The van der Waals surface area contributed by atoms with Gasteiger partial charge in [-0.1, -0.05) is 42.5 Å². The number of amides is 1. The molecule has 3 aromatic carbocycles. The predicted octanol–water partition coefficient (Wildman–Crippen LogP) is 4.04. The van der Waals surface area contributed by atoms with Crippen molar-refractivity contribution in [1.29, 1.82) is 0 Å². The van der Waals surface area contributed by atoms with Crippen LogP contribution in [0.3, 0.4) is 0 Å². The van der Waals surface area contributed by atoms with Crippen LogP contribution in [0, 0.1) is 0 Å². The Bertz CT molecular complexity index is 1230. The van der Waals surface area contributed by atoms with E-state index in [4.69, 9.17) is 9.47 Å². The number of para-hydroxylation sites is 3. The van der Waals surface area contributed by atoms with Gasteiger partial charge in [0.2, 0.25) is 0 Å². The van der Waals surface area contributed by atoms with Crippen molar-refractivity contribution in [2.75, 3.05) is 19.1 Å². The molecule has 1 aliphatic rings. The van der Waals surface area contributed by atoms with E-state index in [1.807, 2.05) is 0 Å². The van der Waals surface area contributed by atoms with Gasteiger partial charge in [0.15, 0.2) is 0 Å². The highest BCUT2D eigenvalue weighted by molar-refractivity contribution is 6.52. The van der Waals surface area contributed by atoms with Crippen LogP contribution in [0.25, 0.3) is 5.76 Å². The van der Waals surface area contributed by atoms with Gasteiger partial charge < -0.3 is 19.7 Å². The highest BCUT2D eigenvalue weighted by atomic mass is 16.5. The second-order valence-electron chi connectivity index (χ2n) is 7.13. The molecule has 0 radical (unpaired) electrons. The van der Waals surface area contributed by atoms with Gasteiger partial charge >= 0.3 is 0 Å². The maximum absolute atomic E-state index is 13.2. The van der Waals surface area contributed by atoms with Gasteiger partial charge in [-0.2, -0.15) is 0 Å². The zero-order chi connectivity index (χ0) is 22.8. The van der Waals surface area contributed by atoms with Crippen molar-refractivity contribution in [1.82, 2.24) is 0 Å². The number of aromatic hydroxyl groups is 1. The van der Waals surface area contributed by atoms with Crippen LogP contribution in [0.5, 0.6) is 17.2 Å². The first kappa shape index (κ1) is 21.0. The van der Waals surface area contributed by atoms with Crippen molar-refractivity contribution in [2.45, 2.75) is 6.04 Å². The number of carbonyl (C=O) groups is 2. The Kier molecular flexibility index (Phi) is 5.55. The van der Waals surface area contributed by atoms with Crippen LogP contribution in [0.15, 0.2) is 78.4 Å². The molecule has 2 N–H and O–H groups in total. The zero-order valence-corrected chi connectivity index (χ0v) is 17.5. The molecule has 4 rings (SSSR count). The molecule has 0 aliphatic carbocycles. The van der Waals surface area contributed by atoms with Gasteiger partial charge in [0.25, 0.3) is 11.7 Å². The van der Waals surface area contributed by atoms with Crippen molar-refractivity contribution in [3.05, 3.63) is 89.5 Å². The van der Waals surface area contributed by atoms with Crippen LogP contribution in [0.1, 0.15) is 17.2 Å². The Balaban J connectivity index is 2.01. The maximum Gasteiger partial charge on any atom is 0.300 e. The Labute approximate surface area is 184 Å². The average Bonchev–Trinajstić information content (AvgIpc) is 3.09. The summed E-state index contributed by atoms with van der Waals surface area (Å²) in [6.07, 6.45) is 0. The first-order chi connectivity index (χ1) is 15.5. The van der Waals surface area contributed by atoms with Crippen LogP contribution >= 0.6 is 0 Å². The predicted molar refractivity (Wildman–Crippen MR) is 119 cm³/mol. The number of aliphatic hydroxyl groups excluding tert-OH is 1. The summed E-state index contributed by atoms with van der Waals surface area (Å²) in [7, 11) is 2.97. The Morgan fingerprint density at radius 3 is 2.34 bits per heavy atom. The second kappa shape index (κ2) is 8.47. The quantitative estimate of drug-likeness (QED) is 0.360. The molecule has 1 amide bonds. The van der Waals surface area contributed by atoms with Crippen molar-refractivity contribution in [2.24, 2.45) is 0 Å². The lowest BCUT2D eigenvalue weighted by Crippen LogP contribution is -2.29. The largest absolute Gasteiger partial charge is 0.507 e. The molecule has 7 heteroatoms. The second-order valence-corrected chi connectivity index (χ2v) is 7.13. The summed E-state index contributed by atoms with van der Waals surface area (Å²) >= 11 is 0. The van der Waals surface area contributed by atoms with Gasteiger partial charge in [-0.15, -0.1) is 0 Å². The van der Waals surface area contributed by atoms with Gasteiger partial charge in [-0.3, -0.25) is 14.5 Å². The van der Waals surface area contributed by atoms with Gasteiger partial charge in [0, 0.05) is 11.1 Å². The number of hydrogen-bond donors (Lipinski definition) is 2. The number of methoxy groups -OCH3 is 2. The molecule has 162 valence electrons. The van der Waals surface area contributed by atoms with E-state index in [-0.39, 0.29) is 22.8 Å². The third kappa shape index (κ3) is 3.43. The van der Waals surface area contributed by atoms with Gasteiger partial charge in [0.05, 0.1) is 31.5 Å². The molecular weight excluding hydrogens is 410 g/mol. The standard InChI is InChI=1S/C25H21NO6/c1-31-16-9-7-8-15(14-16)23(28)21-22(17-10-3-6-13-20(17)32-2)26(25(30)24(21)29)18-11-4-5-12-19(18)27/h3-14,22,27-28H,1-2H3/b23-21+. The molecule has 3 aromatic rings. The molecular formula is C25H21NO6. The summed E-state index contributed by atoms with van der Waals surface area (Å²) in [5, 5.41) is 21.6.